The highest BCUT2D eigenvalue weighted by Gasteiger charge is 2.23. The summed E-state index contributed by atoms with van der Waals surface area (Å²) in [5.74, 6) is -0.0159. The molecule has 130 valence electrons. The van der Waals surface area contributed by atoms with Crippen LogP contribution >= 0.6 is 0 Å². The van der Waals surface area contributed by atoms with Crippen molar-refractivity contribution in [1.82, 2.24) is 0 Å². The van der Waals surface area contributed by atoms with Crippen molar-refractivity contribution in [2.24, 2.45) is 0 Å². The normalized spacial score (nSPS) is 15.2. The van der Waals surface area contributed by atoms with Crippen LogP contribution in [0.5, 0.6) is 0 Å². The number of carbonyl (C=O) groups is 2. The van der Waals surface area contributed by atoms with Crippen molar-refractivity contribution in [2.75, 3.05) is 16.8 Å². The maximum Gasteiger partial charge on any atom is 0.231 e. The second-order valence-electron chi connectivity index (χ2n) is 6.44. The highest BCUT2D eigenvalue weighted by atomic mass is 16.2. The summed E-state index contributed by atoms with van der Waals surface area (Å²) in [6, 6.07) is 17.4. The van der Waals surface area contributed by atoms with Crippen LogP contribution in [-0.2, 0) is 9.59 Å². The van der Waals surface area contributed by atoms with Gasteiger partial charge in [0.1, 0.15) is 0 Å². The third-order valence-electron chi connectivity index (χ3n) is 4.59. The van der Waals surface area contributed by atoms with E-state index in [2.05, 4.69) is 12.2 Å². The van der Waals surface area contributed by atoms with Crippen molar-refractivity contribution in [1.29, 1.82) is 0 Å². The van der Waals surface area contributed by atoms with Crippen LogP contribution in [-0.4, -0.2) is 18.4 Å². The summed E-state index contributed by atoms with van der Waals surface area (Å²) in [5.41, 5.74) is 2.62. The van der Waals surface area contributed by atoms with Gasteiger partial charge in [-0.25, -0.2) is 0 Å². The molecule has 1 aliphatic heterocycles. The van der Waals surface area contributed by atoms with Gasteiger partial charge in [-0.3, -0.25) is 9.59 Å². The Hall–Kier alpha value is -2.62. The molecule has 25 heavy (non-hydrogen) atoms. The fourth-order valence-corrected chi connectivity index (χ4v) is 3.33. The lowest BCUT2D eigenvalue weighted by atomic mass is 9.93. The lowest BCUT2D eigenvalue weighted by Gasteiger charge is -2.19. The third kappa shape index (κ3) is 4.08. The van der Waals surface area contributed by atoms with Crippen molar-refractivity contribution >= 4 is 23.2 Å². The van der Waals surface area contributed by atoms with Crippen LogP contribution < -0.4 is 10.2 Å². The van der Waals surface area contributed by atoms with Gasteiger partial charge in [-0.1, -0.05) is 49.7 Å². The molecule has 1 heterocycles. The standard InChI is InChI=1S/C21H24N2O2/c1-2-8-19(16-9-4-3-5-10-16)21(25)22-17-11-6-12-18(15-17)23-14-7-13-20(23)24/h3-6,9-12,15,19H,2,7-8,13-14H2,1H3,(H,22,25)/t19-/m0/s1. The third-order valence-corrected chi connectivity index (χ3v) is 4.59. The zero-order valence-corrected chi connectivity index (χ0v) is 14.6. The Bertz CT molecular complexity index is 743. The van der Waals surface area contributed by atoms with Gasteiger partial charge in [0, 0.05) is 24.3 Å². The van der Waals surface area contributed by atoms with Crippen LogP contribution in [0.25, 0.3) is 0 Å². The number of carbonyl (C=O) groups excluding carboxylic acids is 2. The molecule has 0 aromatic heterocycles. The first kappa shape index (κ1) is 17.2. The van der Waals surface area contributed by atoms with E-state index in [1.807, 2.05) is 54.6 Å². The van der Waals surface area contributed by atoms with E-state index in [0.717, 1.165) is 42.7 Å². The zero-order chi connectivity index (χ0) is 17.6. The van der Waals surface area contributed by atoms with E-state index in [9.17, 15) is 9.59 Å². The minimum Gasteiger partial charge on any atom is -0.325 e. The molecule has 1 atom stereocenters. The second kappa shape index (κ2) is 7.97. The van der Waals surface area contributed by atoms with Crippen molar-refractivity contribution < 1.29 is 9.59 Å². The lowest BCUT2D eigenvalue weighted by molar-refractivity contribution is -0.118. The first-order valence-electron chi connectivity index (χ1n) is 8.95. The van der Waals surface area contributed by atoms with E-state index in [1.54, 1.807) is 4.90 Å². The Morgan fingerprint density at radius 2 is 1.96 bits per heavy atom. The van der Waals surface area contributed by atoms with Gasteiger partial charge < -0.3 is 10.2 Å². The van der Waals surface area contributed by atoms with Crippen molar-refractivity contribution in [3.05, 3.63) is 60.2 Å². The monoisotopic (exact) mass is 336 g/mol. The van der Waals surface area contributed by atoms with Gasteiger partial charge in [0.15, 0.2) is 0 Å². The van der Waals surface area contributed by atoms with E-state index in [0.29, 0.717) is 6.42 Å². The van der Waals surface area contributed by atoms with E-state index in [-0.39, 0.29) is 17.7 Å². The SMILES string of the molecule is CCC[C@H](C(=O)Nc1cccc(N2CCCC2=O)c1)c1ccccc1. The number of benzene rings is 2. The predicted octanol–water partition coefficient (Wildman–Crippen LogP) is 4.34. The topological polar surface area (TPSA) is 49.4 Å². The fourth-order valence-electron chi connectivity index (χ4n) is 3.33. The predicted molar refractivity (Wildman–Crippen MR) is 101 cm³/mol. The minimum absolute atomic E-state index is 0.00190. The molecule has 1 aliphatic rings. The van der Waals surface area contributed by atoms with Gasteiger partial charge in [-0.05, 0) is 36.6 Å². The molecule has 1 saturated heterocycles. The van der Waals surface area contributed by atoms with E-state index < -0.39 is 0 Å². The van der Waals surface area contributed by atoms with Gasteiger partial charge >= 0.3 is 0 Å². The number of nitrogens with zero attached hydrogens (tertiary/aromatic N) is 1. The maximum atomic E-state index is 12.8. The molecule has 0 radical (unpaired) electrons. The van der Waals surface area contributed by atoms with Crippen molar-refractivity contribution in [3.63, 3.8) is 0 Å². The Morgan fingerprint density at radius 1 is 1.16 bits per heavy atom. The second-order valence-corrected chi connectivity index (χ2v) is 6.44. The summed E-state index contributed by atoms with van der Waals surface area (Å²) in [6.45, 7) is 2.83. The number of nitrogens with one attached hydrogen (secondary N) is 1. The summed E-state index contributed by atoms with van der Waals surface area (Å²) in [6.07, 6.45) is 3.24. The molecule has 4 heteroatoms. The number of hydrogen-bond donors (Lipinski definition) is 1. The molecule has 2 aromatic rings. The smallest absolute Gasteiger partial charge is 0.231 e. The highest BCUT2D eigenvalue weighted by molar-refractivity contribution is 5.98. The Labute approximate surface area is 148 Å². The van der Waals surface area contributed by atoms with Gasteiger partial charge in [0.05, 0.1) is 5.92 Å². The minimum atomic E-state index is -0.164. The summed E-state index contributed by atoms with van der Waals surface area (Å²) >= 11 is 0. The summed E-state index contributed by atoms with van der Waals surface area (Å²) < 4.78 is 0. The van der Waals surface area contributed by atoms with Crippen molar-refractivity contribution in [3.8, 4) is 0 Å². The molecule has 2 aromatic carbocycles. The highest BCUT2D eigenvalue weighted by Crippen LogP contribution is 2.27. The Kier molecular flexibility index (Phi) is 5.49. The number of rotatable bonds is 6. The van der Waals surface area contributed by atoms with E-state index >= 15 is 0 Å². The fraction of sp³-hybridized carbons (Fsp3) is 0.333. The Morgan fingerprint density at radius 3 is 2.64 bits per heavy atom. The van der Waals surface area contributed by atoms with Crippen LogP contribution in [0.2, 0.25) is 0 Å². The molecule has 0 unspecified atom stereocenters. The first-order chi connectivity index (χ1) is 12.2. The molecule has 0 saturated carbocycles. The lowest BCUT2D eigenvalue weighted by Crippen LogP contribution is -2.24. The largest absolute Gasteiger partial charge is 0.325 e. The summed E-state index contributed by atoms with van der Waals surface area (Å²) in [7, 11) is 0. The van der Waals surface area contributed by atoms with Gasteiger partial charge in [0.2, 0.25) is 11.8 Å². The molecule has 0 aliphatic carbocycles. The van der Waals surface area contributed by atoms with E-state index in [4.69, 9.17) is 0 Å². The molecular formula is C21H24N2O2. The van der Waals surface area contributed by atoms with Crippen LogP contribution in [0, 0.1) is 0 Å². The van der Waals surface area contributed by atoms with E-state index in [1.165, 1.54) is 0 Å². The molecule has 0 spiro atoms. The quantitative estimate of drug-likeness (QED) is 0.853. The summed E-state index contributed by atoms with van der Waals surface area (Å²) in [4.78, 5) is 26.5. The summed E-state index contributed by atoms with van der Waals surface area (Å²) in [5, 5.41) is 3.03. The molecule has 4 nitrogen and oxygen atoms in total. The van der Waals surface area contributed by atoms with Crippen LogP contribution in [0.15, 0.2) is 54.6 Å². The molecule has 1 fully saturated rings. The molecule has 2 amide bonds. The van der Waals surface area contributed by atoms with Crippen LogP contribution in [0.4, 0.5) is 11.4 Å². The molecular weight excluding hydrogens is 312 g/mol. The number of amides is 2. The number of anilines is 2. The average Bonchev–Trinajstić information content (AvgIpc) is 3.06. The first-order valence-corrected chi connectivity index (χ1v) is 8.95. The maximum absolute atomic E-state index is 12.8. The van der Waals surface area contributed by atoms with Gasteiger partial charge in [-0.2, -0.15) is 0 Å². The van der Waals surface area contributed by atoms with Gasteiger partial charge in [0.25, 0.3) is 0 Å². The average molecular weight is 336 g/mol. The molecule has 3 rings (SSSR count). The van der Waals surface area contributed by atoms with Crippen molar-refractivity contribution in [2.45, 2.75) is 38.5 Å². The Balaban J connectivity index is 1.76. The van der Waals surface area contributed by atoms with Gasteiger partial charge in [-0.15, -0.1) is 0 Å². The number of hydrogen-bond acceptors (Lipinski definition) is 2. The zero-order valence-electron chi connectivity index (χ0n) is 14.6. The van der Waals surface area contributed by atoms with Crippen LogP contribution in [0.1, 0.15) is 44.1 Å². The van der Waals surface area contributed by atoms with Crippen LogP contribution in [0.3, 0.4) is 0 Å². The molecule has 1 N–H and O–H groups in total. The molecule has 0 bridgehead atoms.